The molecule has 0 fully saturated rings. The molecule has 0 radical (unpaired) electrons. The summed E-state index contributed by atoms with van der Waals surface area (Å²) < 4.78 is 11.9. The van der Waals surface area contributed by atoms with Crippen molar-refractivity contribution in [2.24, 2.45) is 0 Å². The summed E-state index contributed by atoms with van der Waals surface area (Å²) in [6.07, 6.45) is 42.3. The Balaban J connectivity index is 2.37. The molecule has 0 aliphatic rings. The predicted octanol–water partition coefficient (Wildman–Crippen LogP) is 14.9. The van der Waals surface area contributed by atoms with Gasteiger partial charge in [-0.2, -0.15) is 0 Å². The van der Waals surface area contributed by atoms with Crippen LogP contribution in [0.1, 0.15) is 252 Å². The van der Waals surface area contributed by atoms with Crippen LogP contribution in [0.4, 0.5) is 11.5 Å². The number of esters is 2. The van der Waals surface area contributed by atoms with Gasteiger partial charge in [0, 0.05) is 25.6 Å². The van der Waals surface area contributed by atoms with Gasteiger partial charge in [0.1, 0.15) is 18.0 Å². The van der Waals surface area contributed by atoms with Crippen LogP contribution < -0.4 is 11.1 Å². The molecule has 60 heavy (non-hydrogen) atoms. The van der Waals surface area contributed by atoms with Crippen LogP contribution in [-0.2, 0) is 19.1 Å². The Labute approximate surface area is 371 Å². The number of unbranched alkanes of at least 4 members (excludes halogenated alkanes) is 23. The Morgan fingerprint density at radius 2 is 0.950 bits per heavy atom. The van der Waals surface area contributed by atoms with Gasteiger partial charge in [-0.05, 0) is 109 Å². The maximum absolute atomic E-state index is 12.9. The molecule has 0 amide bonds. The third-order valence-corrected chi connectivity index (χ3v) is 12.2. The number of rotatable bonds is 45. The second kappa shape index (κ2) is 42.0. The normalized spacial score (nSPS) is 12.0. The zero-order valence-corrected chi connectivity index (χ0v) is 40.1. The molecule has 1 atom stereocenters. The van der Waals surface area contributed by atoms with E-state index in [2.05, 4.69) is 42.9 Å². The first-order valence-corrected chi connectivity index (χ1v) is 26.0. The number of hydrogen-bond donors (Lipinski definition) is 2. The fourth-order valence-electron chi connectivity index (χ4n) is 8.24. The number of anilines is 2. The third-order valence-electron chi connectivity index (χ3n) is 12.2. The van der Waals surface area contributed by atoms with Crippen LogP contribution in [0, 0.1) is 0 Å². The van der Waals surface area contributed by atoms with Gasteiger partial charge in [-0.3, -0.25) is 9.59 Å². The number of pyridine rings is 1. The lowest BCUT2D eigenvalue weighted by Gasteiger charge is -2.22. The molecule has 0 aromatic carbocycles. The molecule has 0 spiro atoms. The molecule has 1 heterocycles. The lowest BCUT2D eigenvalue weighted by Crippen LogP contribution is -2.28. The van der Waals surface area contributed by atoms with E-state index in [1.54, 1.807) is 6.20 Å². The number of carbonyl (C=O) groups excluding carboxylic acids is 2. The molecule has 8 nitrogen and oxygen atoms in total. The summed E-state index contributed by atoms with van der Waals surface area (Å²) in [5.74, 6) is 0.783. The Bertz CT molecular complexity index is 1090. The van der Waals surface area contributed by atoms with Crippen LogP contribution in [-0.4, -0.2) is 60.2 Å². The van der Waals surface area contributed by atoms with Crippen molar-refractivity contribution in [3.05, 3.63) is 18.3 Å². The van der Waals surface area contributed by atoms with Crippen LogP contribution >= 0.6 is 0 Å². The number of nitrogen functional groups attached to an aromatic ring is 1. The molecule has 0 bridgehead atoms. The molecule has 350 valence electrons. The van der Waals surface area contributed by atoms with Crippen molar-refractivity contribution < 1.29 is 19.1 Å². The van der Waals surface area contributed by atoms with Crippen molar-refractivity contribution in [3.8, 4) is 0 Å². The highest BCUT2D eigenvalue weighted by molar-refractivity contribution is 5.69. The van der Waals surface area contributed by atoms with Crippen molar-refractivity contribution in [2.45, 2.75) is 265 Å². The molecule has 3 N–H and O–H groups in total. The number of nitrogens with one attached hydrogen (secondary N) is 1. The van der Waals surface area contributed by atoms with Crippen molar-refractivity contribution in [3.63, 3.8) is 0 Å². The largest absolute Gasteiger partial charge is 0.462 e. The molecular weight excluding hydrogens is 745 g/mol. The van der Waals surface area contributed by atoms with Crippen molar-refractivity contribution in [1.29, 1.82) is 0 Å². The highest BCUT2D eigenvalue weighted by Crippen LogP contribution is 2.19. The minimum Gasteiger partial charge on any atom is -0.462 e. The van der Waals surface area contributed by atoms with Gasteiger partial charge in [0.05, 0.1) is 5.69 Å². The van der Waals surface area contributed by atoms with Crippen LogP contribution in [0.2, 0.25) is 0 Å². The van der Waals surface area contributed by atoms with Gasteiger partial charge in [-0.1, -0.05) is 163 Å². The SMILES string of the molecule is CCCCCCCCC(CC)OC(=O)CCCCCCCN(CCCCCCCC(=O)OC(CCCCCCCC)CCCCCCCC)CCCNc1ncccc1N. The highest BCUT2D eigenvalue weighted by Gasteiger charge is 2.15. The minimum atomic E-state index is -0.00810. The maximum atomic E-state index is 12.9. The number of nitrogens with two attached hydrogens (primary N) is 1. The summed E-state index contributed by atoms with van der Waals surface area (Å²) in [6.45, 7) is 13.0. The summed E-state index contributed by atoms with van der Waals surface area (Å²) in [5, 5.41) is 3.41. The van der Waals surface area contributed by atoms with Gasteiger partial charge >= 0.3 is 11.9 Å². The van der Waals surface area contributed by atoms with Gasteiger partial charge in [0.2, 0.25) is 0 Å². The summed E-state index contributed by atoms with van der Waals surface area (Å²) in [4.78, 5) is 32.4. The lowest BCUT2D eigenvalue weighted by atomic mass is 10.0. The Morgan fingerprint density at radius 1 is 0.550 bits per heavy atom. The van der Waals surface area contributed by atoms with Gasteiger partial charge in [0.25, 0.3) is 0 Å². The first kappa shape index (κ1) is 55.7. The van der Waals surface area contributed by atoms with Crippen LogP contribution in [0.3, 0.4) is 0 Å². The van der Waals surface area contributed by atoms with E-state index in [4.69, 9.17) is 15.2 Å². The number of hydrogen-bond acceptors (Lipinski definition) is 8. The van der Waals surface area contributed by atoms with E-state index in [0.717, 1.165) is 96.2 Å². The maximum Gasteiger partial charge on any atom is 0.306 e. The van der Waals surface area contributed by atoms with Gasteiger partial charge in [0.15, 0.2) is 0 Å². The second-order valence-corrected chi connectivity index (χ2v) is 17.9. The second-order valence-electron chi connectivity index (χ2n) is 17.9. The van der Waals surface area contributed by atoms with E-state index in [1.165, 1.54) is 148 Å². The van der Waals surface area contributed by atoms with Gasteiger partial charge < -0.3 is 25.4 Å². The molecule has 0 saturated heterocycles. The Hall–Kier alpha value is -2.35. The topological polar surface area (TPSA) is 107 Å². The molecule has 1 aromatic rings. The fourth-order valence-corrected chi connectivity index (χ4v) is 8.24. The average Bonchev–Trinajstić information content (AvgIpc) is 3.24. The monoisotopic (exact) mass is 843 g/mol. The predicted molar refractivity (Wildman–Crippen MR) is 258 cm³/mol. The van der Waals surface area contributed by atoms with Crippen LogP contribution in [0.15, 0.2) is 18.3 Å². The summed E-state index contributed by atoms with van der Waals surface area (Å²) in [6, 6.07) is 3.75. The first-order valence-electron chi connectivity index (χ1n) is 26.0. The van der Waals surface area contributed by atoms with E-state index in [1.807, 2.05) is 12.1 Å². The van der Waals surface area contributed by atoms with Crippen molar-refractivity contribution >= 4 is 23.4 Å². The molecule has 0 aliphatic carbocycles. The number of ether oxygens (including phenoxy) is 2. The van der Waals surface area contributed by atoms with Gasteiger partial charge in [-0.25, -0.2) is 4.98 Å². The molecule has 0 saturated carbocycles. The Kier molecular flexibility index (Phi) is 38.9. The number of aromatic nitrogens is 1. The zero-order chi connectivity index (χ0) is 43.6. The van der Waals surface area contributed by atoms with E-state index in [9.17, 15) is 9.59 Å². The highest BCUT2D eigenvalue weighted by atomic mass is 16.5. The standard InChI is InChI=1S/C52H98N4O4/c1-5-9-12-15-20-27-36-47(8-4)59-50(57)40-30-23-18-25-32-44-56(46-35-43-55-52-49(53)39-34-42-54-52)45-33-26-19-24-31-41-51(58)60-48(37-28-21-16-13-10-6-2)38-29-22-17-14-11-7-3/h34,39,42,47-48H,5-33,35-38,40-41,43-46,53H2,1-4H3,(H,54,55). The van der Waals surface area contributed by atoms with E-state index < -0.39 is 0 Å². The van der Waals surface area contributed by atoms with E-state index >= 15 is 0 Å². The number of nitrogens with zero attached hydrogens (tertiary/aromatic N) is 2. The summed E-state index contributed by atoms with van der Waals surface area (Å²) in [7, 11) is 0. The quantitative estimate of drug-likeness (QED) is 0.0494. The Morgan fingerprint density at radius 3 is 1.42 bits per heavy atom. The fraction of sp³-hybridized carbons (Fsp3) is 0.865. The molecule has 1 rings (SSSR count). The summed E-state index contributed by atoms with van der Waals surface area (Å²) >= 11 is 0. The molecule has 0 aliphatic heterocycles. The molecule has 1 unspecified atom stereocenters. The molecule has 8 heteroatoms. The first-order chi connectivity index (χ1) is 29.4. The van der Waals surface area contributed by atoms with E-state index in [-0.39, 0.29) is 24.1 Å². The summed E-state index contributed by atoms with van der Waals surface area (Å²) in [5.41, 5.74) is 6.78. The molecule has 1 aromatic heterocycles. The third kappa shape index (κ3) is 34.3. The van der Waals surface area contributed by atoms with Crippen LogP contribution in [0.25, 0.3) is 0 Å². The van der Waals surface area contributed by atoms with Crippen LogP contribution in [0.5, 0.6) is 0 Å². The van der Waals surface area contributed by atoms with E-state index in [0.29, 0.717) is 18.5 Å². The average molecular weight is 843 g/mol. The minimum absolute atomic E-state index is 0.00810. The smallest absolute Gasteiger partial charge is 0.306 e. The van der Waals surface area contributed by atoms with Crippen molar-refractivity contribution in [2.75, 3.05) is 37.2 Å². The van der Waals surface area contributed by atoms with Gasteiger partial charge in [-0.15, -0.1) is 0 Å². The lowest BCUT2D eigenvalue weighted by molar-refractivity contribution is -0.150. The zero-order valence-electron chi connectivity index (χ0n) is 40.1. The number of carbonyl (C=O) groups is 2. The van der Waals surface area contributed by atoms with Crippen molar-refractivity contribution in [1.82, 2.24) is 9.88 Å². The molecular formula is C52H98N4O4.